The van der Waals surface area contributed by atoms with E-state index in [0.717, 1.165) is 5.56 Å². The number of hydrazone groups is 1. The van der Waals surface area contributed by atoms with Gasteiger partial charge in [-0.15, -0.1) is 0 Å². The Hall–Kier alpha value is -2.05. The van der Waals surface area contributed by atoms with Crippen molar-refractivity contribution in [1.29, 1.82) is 0 Å². The van der Waals surface area contributed by atoms with Crippen LogP contribution >= 0.6 is 23.2 Å². The van der Waals surface area contributed by atoms with Gasteiger partial charge in [-0.25, -0.2) is 14.9 Å². The molecule has 6 nitrogen and oxygen atoms in total. The van der Waals surface area contributed by atoms with Gasteiger partial charge in [0, 0.05) is 5.02 Å². The van der Waals surface area contributed by atoms with E-state index in [4.69, 9.17) is 27.9 Å². The number of ether oxygens (including phenoxy) is 1. The number of aromatic nitrogens is 2. The number of nitrogens with one attached hydrogen (secondary N) is 1. The summed E-state index contributed by atoms with van der Waals surface area (Å²) in [6.45, 7) is 4.24. The van der Waals surface area contributed by atoms with Crippen molar-refractivity contribution in [3.05, 3.63) is 51.3 Å². The lowest BCUT2D eigenvalue weighted by atomic mass is 10.2. The molecule has 1 N–H and O–H groups in total. The minimum atomic E-state index is -0.624. The average Bonchev–Trinajstić information content (AvgIpc) is 2.77. The molecule has 1 amide bonds. The van der Waals surface area contributed by atoms with Crippen LogP contribution in [0.5, 0.6) is 0 Å². The number of nitrogens with zero attached hydrogens (tertiary/aromatic N) is 3. The Morgan fingerprint density at radius 1 is 1.43 bits per heavy atom. The summed E-state index contributed by atoms with van der Waals surface area (Å²) in [5.41, 5.74) is 4.47. The van der Waals surface area contributed by atoms with Crippen LogP contribution in [-0.4, -0.2) is 28.7 Å². The predicted octanol–water partition coefficient (Wildman–Crippen LogP) is 3.63. The van der Waals surface area contributed by atoms with Gasteiger partial charge in [0.2, 0.25) is 0 Å². The zero-order chi connectivity index (χ0) is 16.8. The highest BCUT2D eigenvalue weighted by Gasteiger charge is 2.13. The van der Waals surface area contributed by atoms with Crippen LogP contribution in [-0.2, 0) is 11.3 Å². The summed E-state index contributed by atoms with van der Waals surface area (Å²) in [5.74, 6) is 0. The molecule has 0 atom stereocenters. The van der Waals surface area contributed by atoms with Gasteiger partial charge in [-0.2, -0.15) is 10.2 Å². The number of benzene rings is 1. The van der Waals surface area contributed by atoms with Crippen molar-refractivity contribution < 1.29 is 9.53 Å². The number of aryl methyl sites for hydroxylation is 1. The zero-order valence-corrected chi connectivity index (χ0v) is 14.2. The zero-order valence-electron chi connectivity index (χ0n) is 12.7. The Morgan fingerprint density at radius 3 is 2.87 bits per heavy atom. The Bertz CT molecular complexity index is 728. The van der Waals surface area contributed by atoms with E-state index in [0.29, 0.717) is 28.0 Å². The fourth-order valence-corrected chi connectivity index (χ4v) is 2.40. The summed E-state index contributed by atoms with van der Waals surface area (Å²) in [4.78, 5) is 11.2. The van der Waals surface area contributed by atoms with Gasteiger partial charge in [-0.1, -0.05) is 41.4 Å². The first kappa shape index (κ1) is 17.3. The first-order chi connectivity index (χ1) is 11.0. The van der Waals surface area contributed by atoms with Crippen molar-refractivity contribution in [3.63, 3.8) is 0 Å². The Balaban J connectivity index is 2.15. The Labute approximate surface area is 144 Å². The van der Waals surface area contributed by atoms with Crippen molar-refractivity contribution in [1.82, 2.24) is 15.2 Å². The number of carbonyl (C=O) groups is 1. The van der Waals surface area contributed by atoms with Crippen molar-refractivity contribution >= 4 is 35.5 Å². The third-order valence-corrected chi connectivity index (χ3v) is 3.78. The second kappa shape index (κ2) is 7.99. The van der Waals surface area contributed by atoms with Crippen molar-refractivity contribution in [3.8, 4) is 0 Å². The number of amides is 1. The number of hydrogen-bond acceptors (Lipinski definition) is 4. The van der Waals surface area contributed by atoms with Crippen LogP contribution in [0, 0.1) is 6.92 Å². The van der Waals surface area contributed by atoms with E-state index in [1.807, 2.05) is 24.3 Å². The van der Waals surface area contributed by atoms with Gasteiger partial charge in [0.15, 0.2) is 0 Å². The summed E-state index contributed by atoms with van der Waals surface area (Å²) in [6.07, 6.45) is 0.811. The molecule has 2 aromatic rings. The van der Waals surface area contributed by atoms with E-state index in [-0.39, 0.29) is 6.61 Å². The van der Waals surface area contributed by atoms with E-state index >= 15 is 0 Å². The lowest BCUT2D eigenvalue weighted by Crippen LogP contribution is -2.18. The van der Waals surface area contributed by atoms with Gasteiger partial charge in [0.25, 0.3) is 0 Å². The standard InChI is InChI=1S/C15H16Cl2N4O2/c1-3-23-15(22)19-18-8-12-10(2)20-21(14(12)17)9-11-6-4-5-7-13(11)16/h4-8H,3,9H2,1-2H3,(H,19,22)/b18-8-. The second-order valence-corrected chi connectivity index (χ2v) is 5.39. The smallest absolute Gasteiger partial charge is 0.427 e. The summed E-state index contributed by atoms with van der Waals surface area (Å²) < 4.78 is 6.33. The van der Waals surface area contributed by atoms with Crippen LogP contribution in [0.4, 0.5) is 4.79 Å². The first-order valence-corrected chi connectivity index (χ1v) is 7.70. The van der Waals surface area contributed by atoms with Gasteiger partial charge >= 0.3 is 6.09 Å². The van der Waals surface area contributed by atoms with Crippen molar-refractivity contribution in [2.45, 2.75) is 20.4 Å². The minimum absolute atomic E-state index is 0.275. The van der Waals surface area contributed by atoms with E-state index in [2.05, 4.69) is 15.6 Å². The molecule has 0 bridgehead atoms. The predicted molar refractivity (Wildman–Crippen MR) is 90.3 cm³/mol. The molecule has 0 aliphatic rings. The average molecular weight is 355 g/mol. The molecule has 2 rings (SSSR count). The van der Waals surface area contributed by atoms with E-state index in [1.54, 1.807) is 18.5 Å². The van der Waals surface area contributed by atoms with Gasteiger partial charge in [0.05, 0.1) is 30.6 Å². The van der Waals surface area contributed by atoms with Crippen LogP contribution in [0.2, 0.25) is 10.2 Å². The Morgan fingerprint density at radius 2 is 2.17 bits per heavy atom. The Kier molecular flexibility index (Phi) is 6.01. The molecule has 1 heterocycles. The summed E-state index contributed by atoms with van der Waals surface area (Å²) in [6, 6.07) is 7.48. The normalized spacial score (nSPS) is 11.0. The van der Waals surface area contributed by atoms with Crippen LogP contribution in [0.3, 0.4) is 0 Å². The monoisotopic (exact) mass is 354 g/mol. The summed E-state index contributed by atoms with van der Waals surface area (Å²) in [5, 5.41) is 9.24. The molecular formula is C15H16Cl2N4O2. The topological polar surface area (TPSA) is 68.5 Å². The van der Waals surface area contributed by atoms with E-state index < -0.39 is 6.09 Å². The molecule has 0 unspecified atom stereocenters. The molecule has 0 aliphatic carbocycles. The maximum atomic E-state index is 11.2. The van der Waals surface area contributed by atoms with Gasteiger partial charge in [0.1, 0.15) is 5.15 Å². The molecule has 0 radical (unpaired) electrons. The number of halogens is 2. The molecule has 0 spiro atoms. The number of hydrogen-bond donors (Lipinski definition) is 1. The molecule has 0 aliphatic heterocycles. The number of rotatable bonds is 5. The third kappa shape index (κ3) is 4.46. The lowest BCUT2D eigenvalue weighted by molar-refractivity contribution is 0.152. The number of carbonyl (C=O) groups excluding carboxylic acids is 1. The van der Waals surface area contributed by atoms with Gasteiger partial charge in [-0.05, 0) is 25.5 Å². The molecule has 1 aromatic carbocycles. The highest BCUT2D eigenvalue weighted by Crippen LogP contribution is 2.22. The molecule has 1 aromatic heterocycles. The van der Waals surface area contributed by atoms with Crippen LogP contribution in [0.15, 0.2) is 29.4 Å². The molecule has 0 saturated heterocycles. The van der Waals surface area contributed by atoms with Gasteiger partial charge < -0.3 is 4.74 Å². The van der Waals surface area contributed by atoms with Crippen molar-refractivity contribution in [2.75, 3.05) is 6.61 Å². The molecule has 122 valence electrons. The lowest BCUT2D eigenvalue weighted by Gasteiger charge is -2.05. The molecule has 0 fully saturated rings. The van der Waals surface area contributed by atoms with E-state index in [1.165, 1.54) is 6.21 Å². The summed E-state index contributed by atoms with van der Waals surface area (Å²) in [7, 11) is 0. The van der Waals surface area contributed by atoms with E-state index in [9.17, 15) is 4.79 Å². The van der Waals surface area contributed by atoms with Crippen molar-refractivity contribution in [2.24, 2.45) is 5.10 Å². The minimum Gasteiger partial charge on any atom is -0.449 e. The quantitative estimate of drug-likeness (QED) is 0.658. The largest absolute Gasteiger partial charge is 0.449 e. The second-order valence-electron chi connectivity index (χ2n) is 4.63. The molecule has 0 saturated carbocycles. The fraction of sp³-hybridized carbons (Fsp3) is 0.267. The van der Waals surface area contributed by atoms with Crippen LogP contribution in [0.25, 0.3) is 0 Å². The third-order valence-electron chi connectivity index (χ3n) is 3.01. The molecular weight excluding hydrogens is 339 g/mol. The summed E-state index contributed by atoms with van der Waals surface area (Å²) >= 11 is 12.5. The fourth-order valence-electron chi connectivity index (χ4n) is 1.92. The van der Waals surface area contributed by atoms with Crippen LogP contribution in [0.1, 0.15) is 23.7 Å². The van der Waals surface area contributed by atoms with Gasteiger partial charge in [-0.3, -0.25) is 0 Å². The first-order valence-electron chi connectivity index (χ1n) is 6.95. The molecule has 23 heavy (non-hydrogen) atoms. The maximum absolute atomic E-state index is 11.2. The molecule has 8 heteroatoms. The highest BCUT2D eigenvalue weighted by atomic mass is 35.5. The highest BCUT2D eigenvalue weighted by molar-refractivity contribution is 6.32. The SMILES string of the molecule is CCOC(=O)N/N=C\c1c(C)nn(Cc2ccccc2Cl)c1Cl. The van der Waals surface area contributed by atoms with Crippen LogP contribution < -0.4 is 5.43 Å². The maximum Gasteiger partial charge on any atom is 0.427 e.